The molecule has 1 aromatic rings. The van der Waals surface area contributed by atoms with Crippen molar-refractivity contribution in [2.24, 2.45) is 0 Å². The minimum Gasteiger partial charge on any atom is -0.491 e. The Kier molecular flexibility index (Phi) is 5.48. The van der Waals surface area contributed by atoms with Crippen molar-refractivity contribution in [2.45, 2.75) is 12.8 Å². The number of carbonyl (C=O) groups is 1. The van der Waals surface area contributed by atoms with Gasteiger partial charge in [0.25, 0.3) is 0 Å². The summed E-state index contributed by atoms with van der Waals surface area (Å²) in [6, 6.07) is 7.30. The summed E-state index contributed by atoms with van der Waals surface area (Å²) in [5.41, 5.74) is 0. The summed E-state index contributed by atoms with van der Waals surface area (Å²) < 4.78 is 5.53. The molecule has 0 saturated carbocycles. The van der Waals surface area contributed by atoms with Crippen molar-refractivity contribution in [2.75, 3.05) is 32.8 Å². The first-order chi connectivity index (χ1) is 9.27. The lowest BCUT2D eigenvalue weighted by atomic mass is 10.3. The lowest BCUT2D eigenvalue weighted by molar-refractivity contribution is -0.131. The van der Waals surface area contributed by atoms with E-state index >= 15 is 0 Å². The Labute approximate surface area is 118 Å². The molecule has 1 amide bonds. The Bertz CT molecular complexity index is 418. The fraction of sp³-hybridized carbons (Fsp3) is 0.500. The van der Waals surface area contributed by atoms with E-state index in [1.54, 1.807) is 6.07 Å². The molecule has 1 N–H and O–H groups in total. The van der Waals surface area contributed by atoms with E-state index in [0.717, 1.165) is 32.6 Å². The fourth-order valence-corrected chi connectivity index (χ4v) is 2.25. The maximum absolute atomic E-state index is 12.0. The van der Waals surface area contributed by atoms with Gasteiger partial charge in [0.2, 0.25) is 5.91 Å². The van der Waals surface area contributed by atoms with Crippen LogP contribution in [0.1, 0.15) is 12.8 Å². The molecule has 0 aliphatic carbocycles. The number of nitrogens with zero attached hydrogens (tertiary/aromatic N) is 1. The average Bonchev–Trinajstić information content (AvgIpc) is 2.70. The van der Waals surface area contributed by atoms with Gasteiger partial charge in [-0.25, -0.2) is 0 Å². The highest BCUT2D eigenvalue weighted by molar-refractivity contribution is 6.32. The van der Waals surface area contributed by atoms with E-state index in [1.165, 1.54) is 0 Å². The number of carbonyl (C=O) groups excluding carboxylic acids is 1. The van der Waals surface area contributed by atoms with Gasteiger partial charge in [0.1, 0.15) is 5.75 Å². The summed E-state index contributed by atoms with van der Waals surface area (Å²) in [7, 11) is 0. The number of amides is 1. The zero-order chi connectivity index (χ0) is 13.5. The van der Waals surface area contributed by atoms with Gasteiger partial charge >= 0.3 is 0 Å². The molecule has 5 heteroatoms. The van der Waals surface area contributed by atoms with Gasteiger partial charge in [0, 0.05) is 19.6 Å². The van der Waals surface area contributed by atoms with Gasteiger partial charge < -0.3 is 15.0 Å². The second-order valence-corrected chi connectivity index (χ2v) is 4.92. The van der Waals surface area contributed by atoms with E-state index in [1.807, 2.05) is 23.1 Å². The zero-order valence-electron chi connectivity index (χ0n) is 10.9. The molecule has 0 atom stereocenters. The minimum absolute atomic E-state index is 0.149. The first-order valence-corrected chi connectivity index (χ1v) is 7.01. The first kappa shape index (κ1) is 14.2. The van der Waals surface area contributed by atoms with Crippen molar-refractivity contribution in [3.8, 4) is 5.75 Å². The second-order valence-electron chi connectivity index (χ2n) is 4.51. The number of para-hydroxylation sites is 1. The average molecular weight is 283 g/mol. The molecule has 1 aliphatic rings. The molecule has 0 spiro atoms. The Morgan fingerprint density at radius 2 is 2.16 bits per heavy atom. The second kappa shape index (κ2) is 7.36. The highest BCUT2D eigenvalue weighted by Crippen LogP contribution is 2.23. The Morgan fingerprint density at radius 3 is 3.00 bits per heavy atom. The number of hydrogen-bond donors (Lipinski definition) is 1. The van der Waals surface area contributed by atoms with Crippen LogP contribution in [0, 0.1) is 0 Å². The lowest BCUT2D eigenvalue weighted by Gasteiger charge is -2.20. The third-order valence-electron chi connectivity index (χ3n) is 3.10. The molecular formula is C14H19ClN2O2. The lowest BCUT2D eigenvalue weighted by Crippen LogP contribution is -2.34. The molecular weight excluding hydrogens is 264 g/mol. The van der Waals surface area contributed by atoms with Crippen LogP contribution < -0.4 is 10.1 Å². The Hall–Kier alpha value is -1.26. The van der Waals surface area contributed by atoms with Crippen molar-refractivity contribution in [1.82, 2.24) is 10.2 Å². The van der Waals surface area contributed by atoms with Gasteiger partial charge in [-0.05, 0) is 25.1 Å². The minimum atomic E-state index is 0.149. The fourth-order valence-electron chi connectivity index (χ4n) is 2.06. The van der Waals surface area contributed by atoms with Gasteiger partial charge in [-0.1, -0.05) is 23.7 Å². The highest BCUT2D eigenvalue weighted by Gasteiger charge is 2.15. The molecule has 1 heterocycles. The number of nitrogens with one attached hydrogen (secondary N) is 1. The number of ether oxygens (including phenoxy) is 1. The molecule has 0 bridgehead atoms. The molecule has 1 aliphatic heterocycles. The van der Waals surface area contributed by atoms with Gasteiger partial charge in [-0.15, -0.1) is 0 Å². The predicted molar refractivity (Wildman–Crippen MR) is 75.6 cm³/mol. The molecule has 0 unspecified atom stereocenters. The van der Waals surface area contributed by atoms with Crippen LogP contribution >= 0.6 is 11.6 Å². The maximum Gasteiger partial charge on any atom is 0.226 e. The third kappa shape index (κ3) is 4.40. The first-order valence-electron chi connectivity index (χ1n) is 6.63. The number of rotatable bonds is 4. The quantitative estimate of drug-likeness (QED) is 0.917. The summed E-state index contributed by atoms with van der Waals surface area (Å²) >= 11 is 5.98. The van der Waals surface area contributed by atoms with Crippen LogP contribution in [0.15, 0.2) is 24.3 Å². The number of halogens is 1. The summed E-state index contributed by atoms with van der Waals surface area (Å²) in [6.45, 7) is 3.84. The standard InChI is InChI=1S/C14H19ClN2O2/c15-12-4-1-2-5-13(12)19-11-6-14(18)17-9-3-7-16-8-10-17/h1-2,4-5,16H,3,6-11H2. The SMILES string of the molecule is O=C(CCOc1ccccc1Cl)N1CCCNCC1. The molecule has 0 aromatic heterocycles. The van der Waals surface area contributed by atoms with Crippen LogP contribution in [0.5, 0.6) is 5.75 Å². The van der Waals surface area contributed by atoms with E-state index < -0.39 is 0 Å². The van der Waals surface area contributed by atoms with E-state index in [-0.39, 0.29) is 5.91 Å². The summed E-state index contributed by atoms with van der Waals surface area (Å²) in [4.78, 5) is 13.9. The summed E-state index contributed by atoms with van der Waals surface area (Å²) in [6.07, 6.45) is 1.41. The van der Waals surface area contributed by atoms with Crippen LogP contribution in [-0.2, 0) is 4.79 Å². The van der Waals surface area contributed by atoms with Crippen molar-refractivity contribution >= 4 is 17.5 Å². The molecule has 1 aromatic carbocycles. The van der Waals surface area contributed by atoms with Crippen LogP contribution in [-0.4, -0.2) is 43.6 Å². The van der Waals surface area contributed by atoms with Gasteiger partial charge in [-0.3, -0.25) is 4.79 Å². The van der Waals surface area contributed by atoms with E-state index in [0.29, 0.717) is 23.8 Å². The van der Waals surface area contributed by atoms with Gasteiger partial charge in [0.15, 0.2) is 0 Å². The van der Waals surface area contributed by atoms with Crippen molar-refractivity contribution in [3.05, 3.63) is 29.3 Å². The van der Waals surface area contributed by atoms with Gasteiger partial charge in [0.05, 0.1) is 18.1 Å². The molecule has 0 radical (unpaired) electrons. The number of benzene rings is 1. The third-order valence-corrected chi connectivity index (χ3v) is 3.42. The molecule has 4 nitrogen and oxygen atoms in total. The van der Waals surface area contributed by atoms with E-state index in [9.17, 15) is 4.79 Å². The van der Waals surface area contributed by atoms with Crippen molar-refractivity contribution in [3.63, 3.8) is 0 Å². The van der Waals surface area contributed by atoms with Crippen LogP contribution in [0.4, 0.5) is 0 Å². The topological polar surface area (TPSA) is 41.6 Å². The number of hydrogen-bond acceptors (Lipinski definition) is 3. The monoisotopic (exact) mass is 282 g/mol. The van der Waals surface area contributed by atoms with Crippen LogP contribution in [0.25, 0.3) is 0 Å². The molecule has 104 valence electrons. The Balaban J connectivity index is 1.76. The van der Waals surface area contributed by atoms with Crippen LogP contribution in [0.2, 0.25) is 5.02 Å². The van der Waals surface area contributed by atoms with Crippen LogP contribution in [0.3, 0.4) is 0 Å². The normalized spacial score (nSPS) is 15.9. The zero-order valence-corrected chi connectivity index (χ0v) is 11.7. The van der Waals surface area contributed by atoms with E-state index in [2.05, 4.69) is 5.32 Å². The maximum atomic E-state index is 12.0. The molecule has 2 rings (SSSR count). The van der Waals surface area contributed by atoms with E-state index in [4.69, 9.17) is 16.3 Å². The molecule has 1 fully saturated rings. The van der Waals surface area contributed by atoms with Crippen molar-refractivity contribution < 1.29 is 9.53 Å². The predicted octanol–water partition coefficient (Wildman–Crippen LogP) is 1.93. The Morgan fingerprint density at radius 1 is 1.32 bits per heavy atom. The molecule has 1 saturated heterocycles. The summed E-state index contributed by atoms with van der Waals surface area (Å²) in [5.74, 6) is 0.783. The highest BCUT2D eigenvalue weighted by atomic mass is 35.5. The summed E-state index contributed by atoms with van der Waals surface area (Å²) in [5, 5.41) is 3.86. The van der Waals surface area contributed by atoms with Crippen molar-refractivity contribution in [1.29, 1.82) is 0 Å². The smallest absolute Gasteiger partial charge is 0.226 e. The largest absolute Gasteiger partial charge is 0.491 e. The van der Waals surface area contributed by atoms with Gasteiger partial charge in [-0.2, -0.15) is 0 Å². The molecule has 19 heavy (non-hydrogen) atoms.